The van der Waals surface area contributed by atoms with E-state index in [-0.39, 0.29) is 10.8 Å². The van der Waals surface area contributed by atoms with Crippen molar-refractivity contribution in [1.29, 1.82) is 0 Å². The van der Waals surface area contributed by atoms with Crippen LogP contribution >= 0.6 is 0 Å². The molecule has 0 bridgehead atoms. The smallest absolute Gasteiger partial charge is 0.139 e. The fraction of sp³-hybridized carbons (Fsp3) is 0.312. The van der Waals surface area contributed by atoms with Gasteiger partial charge in [0, 0.05) is 32.7 Å². The lowest BCUT2D eigenvalue weighted by Gasteiger charge is -2.26. The Hall–Kier alpha value is -3.26. The van der Waals surface area contributed by atoms with Crippen molar-refractivity contribution in [3.8, 4) is 0 Å². The molecule has 0 radical (unpaired) electrons. The molecule has 4 aromatic carbocycles. The van der Waals surface area contributed by atoms with Crippen LogP contribution in [0.15, 0.2) is 57.4 Å². The molecule has 0 aliphatic rings. The van der Waals surface area contributed by atoms with E-state index in [9.17, 15) is 0 Å². The van der Waals surface area contributed by atoms with E-state index in [0.29, 0.717) is 0 Å². The third-order valence-electron chi connectivity index (χ3n) is 7.13. The van der Waals surface area contributed by atoms with Crippen LogP contribution in [0.2, 0.25) is 0 Å². The minimum Gasteiger partial charge on any atom is -0.456 e. The van der Waals surface area contributed by atoms with Crippen LogP contribution in [0.3, 0.4) is 0 Å². The highest BCUT2D eigenvalue weighted by molar-refractivity contribution is 6.19. The Morgan fingerprint density at radius 3 is 1.21 bits per heavy atom. The van der Waals surface area contributed by atoms with Gasteiger partial charge in [-0.2, -0.15) is 0 Å². The Balaban J connectivity index is 1.94. The highest BCUT2D eigenvalue weighted by Gasteiger charge is 2.30. The Labute approximate surface area is 200 Å². The maximum absolute atomic E-state index is 6.60. The number of furan rings is 2. The van der Waals surface area contributed by atoms with Crippen LogP contribution in [0.5, 0.6) is 0 Å². The summed E-state index contributed by atoms with van der Waals surface area (Å²) in [7, 11) is 0. The molecular formula is C32H32O2. The molecule has 0 unspecified atom stereocenters. The molecule has 0 spiro atoms. The van der Waals surface area contributed by atoms with E-state index in [0.717, 1.165) is 22.3 Å². The second-order valence-corrected chi connectivity index (χ2v) is 12.1. The molecule has 172 valence electrons. The van der Waals surface area contributed by atoms with Crippen LogP contribution in [-0.2, 0) is 10.8 Å². The largest absolute Gasteiger partial charge is 0.456 e. The molecular weight excluding hydrogens is 416 g/mol. The first-order valence-electron chi connectivity index (χ1n) is 12.2. The molecule has 0 saturated carbocycles. The number of hydrogen-bond donors (Lipinski definition) is 0. The van der Waals surface area contributed by atoms with Crippen LogP contribution in [0, 0.1) is 13.8 Å². The quantitative estimate of drug-likeness (QED) is 0.231. The summed E-state index contributed by atoms with van der Waals surface area (Å²) in [4.78, 5) is 0. The number of fused-ring (bicyclic) bond motifs is 7. The lowest BCUT2D eigenvalue weighted by Crippen LogP contribution is -2.15. The zero-order valence-corrected chi connectivity index (χ0v) is 21.4. The summed E-state index contributed by atoms with van der Waals surface area (Å²) in [5.41, 5.74) is 8.68. The van der Waals surface area contributed by atoms with Gasteiger partial charge in [-0.1, -0.05) is 65.8 Å². The second kappa shape index (κ2) is 6.66. The zero-order valence-electron chi connectivity index (χ0n) is 21.4. The summed E-state index contributed by atoms with van der Waals surface area (Å²) in [6.45, 7) is 18.0. The normalized spacial score (nSPS) is 13.3. The van der Waals surface area contributed by atoms with Gasteiger partial charge in [0.1, 0.15) is 22.3 Å². The fourth-order valence-electron chi connectivity index (χ4n) is 5.70. The summed E-state index contributed by atoms with van der Waals surface area (Å²) in [6.07, 6.45) is 0. The Morgan fingerprint density at radius 1 is 0.471 bits per heavy atom. The van der Waals surface area contributed by atoms with Gasteiger partial charge < -0.3 is 8.83 Å². The first-order chi connectivity index (χ1) is 15.9. The van der Waals surface area contributed by atoms with E-state index in [1.165, 1.54) is 54.6 Å². The molecule has 2 heteroatoms. The molecule has 6 rings (SSSR count). The number of rotatable bonds is 0. The Bertz CT molecular complexity index is 1640. The summed E-state index contributed by atoms with van der Waals surface area (Å²) in [5, 5.41) is 7.24. The van der Waals surface area contributed by atoms with Crippen molar-refractivity contribution in [3.63, 3.8) is 0 Å². The van der Waals surface area contributed by atoms with Gasteiger partial charge in [-0.15, -0.1) is 0 Å². The molecule has 0 N–H and O–H groups in total. The molecule has 0 atom stereocenters. The van der Waals surface area contributed by atoms with Gasteiger partial charge in [0.25, 0.3) is 0 Å². The molecule has 0 aliphatic heterocycles. The van der Waals surface area contributed by atoms with Gasteiger partial charge in [-0.05, 0) is 70.8 Å². The van der Waals surface area contributed by atoms with Crippen molar-refractivity contribution < 1.29 is 8.83 Å². The van der Waals surface area contributed by atoms with Crippen LogP contribution in [0.25, 0.3) is 54.6 Å². The van der Waals surface area contributed by atoms with Crippen LogP contribution < -0.4 is 0 Å². The summed E-state index contributed by atoms with van der Waals surface area (Å²) >= 11 is 0. The topological polar surface area (TPSA) is 26.3 Å². The average Bonchev–Trinajstić information content (AvgIpc) is 3.24. The molecule has 2 heterocycles. The lowest BCUT2D eigenvalue weighted by molar-refractivity contribution is 0.573. The van der Waals surface area contributed by atoms with E-state index in [2.05, 4.69) is 104 Å². The lowest BCUT2D eigenvalue weighted by atomic mass is 9.77. The summed E-state index contributed by atoms with van der Waals surface area (Å²) in [5.74, 6) is 0. The fourth-order valence-corrected chi connectivity index (χ4v) is 5.70. The SMILES string of the molecule is Cc1ccc2c(c1)oc1c(C(C)(C)C)c3cc4c(oc5cc(C)ccc54)c(C(C)(C)C)c3cc12. The highest BCUT2D eigenvalue weighted by atomic mass is 16.3. The predicted molar refractivity (Wildman–Crippen MR) is 145 cm³/mol. The molecule has 34 heavy (non-hydrogen) atoms. The third kappa shape index (κ3) is 2.94. The zero-order chi connectivity index (χ0) is 24.2. The standard InChI is InChI=1S/C32H32O2/c1-17-9-11-19-23-15-21-22(27(31(3,4)5)29(23)33-25(19)13-17)16-24-20-12-10-18(2)14-26(20)34-30(24)28(21)32(6,7)8/h9-16H,1-8H3. The molecule has 0 saturated heterocycles. The predicted octanol–water partition coefficient (Wildman–Crippen LogP) is 9.85. The second-order valence-electron chi connectivity index (χ2n) is 12.1. The van der Waals surface area contributed by atoms with E-state index >= 15 is 0 Å². The molecule has 2 nitrogen and oxygen atoms in total. The number of benzene rings is 4. The molecule has 0 amide bonds. The summed E-state index contributed by atoms with van der Waals surface area (Å²) in [6, 6.07) is 17.8. The molecule has 6 aromatic rings. The monoisotopic (exact) mass is 448 g/mol. The minimum atomic E-state index is -0.0976. The van der Waals surface area contributed by atoms with Crippen molar-refractivity contribution >= 4 is 54.6 Å². The summed E-state index contributed by atoms with van der Waals surface area (Å²) < 4.78 is 13.2. The third-order valence-corrected chi connectivity index (χ3v) is 7.13. The molecule has 0 fully saturated rings. The molecule has 0 aliphatic carbocycles. The number of aryl methyl sites for hydroxylation is 2. The first kappa shape index (κ1) is 21.3. The average molecular weight is 449 g/mol. The highest BCUT2D eigenvalue weighted by Crippen LogP contribution is 2.47. The van der Waals surface area contributed by atoms with E-state index in [1.54, 1.807) is 0 Å². The van der Waals surface area contributed by atoms with Crippen molar-refractivity contribution in [1.82, 2.24) is 0 Å². The van der Waals surface area contributed by atoms with E-state index in [1.807, 2.05) is 0 Å². The van der Waals surface area contributed by atoms with Gasteiger partial charge in [0.05, 0.1) is 0 Å². The van der Waals surface area contributed by atoms with Crippen molar-refractivity contribution in [2.45, 2.75) is 66.2 Å². The van der Waals surface area contributed by atoms with Gasteiger partial charge >= 0.3 is 0 Å². The first-order valence-corrected chi connectivity index (χ1v) is 12.2. The van der Waals surface area contributed by atoms with Gasteiger partial charge in [0.2, 0.25) is 0 Å². The Morgan fingerprint density at radius 2 is 0.853 bits per heavy atom. The van der Waals surface area contributed by atoms with Crippen molar-refractivity contribution in [2.24, 2.45) is 0 Å². The van der Waals surface area contributed by atoms with Crippen molar-refractivity contribution in [3.05, 3.63) is 70.8 Å². The van der Waals surface area contributed by atoms with Crippen molar-refractivity contribution in [2.75, 3.05) is 0 Å². The van der Waals surface area contributed by atoms with Gasteiger partial charge in [-0.25, -0.2) is 0 Å². The van der Waals surface area contributed by atoms with E-state index in [4.69, 9.17) is 8.83 Å². The number of hydrogen-bond acceptors (Lipinski definition) is 2. The van der Waals surface area contributed by atoms with E-state index < -0.39 is 0 Å². The van der Waals surface area contributed by atoms with Crippen LogP contribution in [0.1, 0.15) is 63.8 Å². The Kier molecular flexibility index (Phi) is 4.17. The van der Waals surface area contributed by atoms with Crippen LogP contribution in [0.4, 0.5) is 0 Å². The van der Waals surface area contributed by atoms with Crippen LogP contribution in [-0.4, -0.2) is 0 Å². The minimum absolute atomic E-state index is 0.0976. The van der Waals surface area contributed by atoms with Gasteiger partial charge in [0.15, 0.2) is 0 Å². The maximum Gasteiger partial charge on any atom is 0.139 e. The van der Waals surface area contributed by atoms with Gasteiger partial charge in [-0.3, -0.25) is 0 Å². The maximum atomic E-state index is 6.60. The molecule has 2 aromatic heterocycles.